The van der Waals surface area contributed by atoms with Gasteiger partial charge >= 0.3 is 21.3 Å². The van der Waals surface area contributed by atoms with Crippen LogP contribution in [-0.2, 0) is 32.0 Å². The van der Waals surface area contributed by atoms with Crippen LogP contribution < -0.4 is 11.4 Å². The van der Waals surface area contributed by atoms with Crippen LogP contribution in [0.1, 0.15) is 6.23 Å². The molecule has 3 heterocycles. The van der Waals surface area contributed by atoms with Gasteiger partial charge in [0.25, 0.3) is 0 Å². The molecule has 10 atom stereocenters. The molecule has 0 amide bonds. The third-order valence-corrected chi connectivity index (χ3v) is 7.36. The van der Waals surface area contributed by atoms with E-state index in [0.717, 1.165) is 10.8 Å². The summed E-state index contributed by atoms with van der Waals surface area (Å²) in [6, 6.07) is 1.22. The Balaban J connectivity index is 1.59. The zero-order chi connectivity index (χ0) is 25.4. The van der Waals surface area contributed by atoms with E-state index in [1.165, 1.54) is 6.07 Å². The van der Waals surface area contributed by atoms with E-state index in [1.807, 2.05) is 0 Å². The van der Waals surface area contributed by atoms with Gasteiger partial charge in [0.2, 0.25) is 0 Å². The Bertz CT molecular complexity index is 1020. The second kappa shape index (κ2) is 10.3. The minimum absolute atomic E-state index is 0.111. The van der Waals surface area contributed by atoms with Crippen LogP contribution in [0.15, 0.2) is 17.1 Å². The van der Waals surface area contributed by atoms with Crippen molar-refractivity contribution in [3.8, 4) is 0 Å². The molecule has 0 saturated carbocycles. The number of phosphoric acid groups is 2. The highest BCUT2D eigenvalue weighted by Crippen LogP contribution is 2.61. The first kappa shape index (κ1) is 27.3. The van der Waals surface area contributed by atoms with Gasteiger partial charge < -0.3 is 50.5 Å². The first-order chi connectivity index (χ1) is 15.7. The van der Waals surface area contributed by atoms with Crippen molar-refractivity contribution in [2.24, 2.45) is 0 Å². The van der Waals surface area contributed by atoms with Crippen LogP contribution in [0.4, 0.5) is 5.82 Å². The summed E-state index contributed by atoms with van der Waals surface area (Å²) < 4.78 is 47.9. The number of anilines is 1. The molecule has 0 radical (unpaired) electrons. The van der Waals surface area contributed by atoms with Crippen LogP contribution in [0, 0.1) is 0 Å². The molecule has 2 aliphatic rings. The van der Waals surface area contributed by atoms with Gasteiger partial charge in [-0.05, 0) is 6.07 Å². The maximum Gasteiger partial charge on any atom is 0.483 e. The molecule has 0 aliphatic carbocycles. The lowest BCUT2D eigenvalue weighted by molar-refractivity contribution is -0.245. The zero-order valence-corrected chi connectivity index (χ0v) is 18.7. The fraction of sp³-hybridized carbons (Fsp3) is 0.714. The number of aliphatic hydroxyl groups excluding tert-OH is 5. The topological polar surface area (TPSA) is 283 Å². The Morgan fingerprint density at radius 3 is 2.41 bits per heavy atom. The number of aromatic nitrogens is 2. The molecule has 18 nitrogen and oxygen atoms in total. The summed E-state index contributed by atoms with van der Waals surface area (Å²) in [5.41, 5.74) is 4.45. The van der Waals surface area contributed by atoms with Crippen molar-refractivity contribution >= 4 is 21.5 Å². The van der Waals surface area contributed by atoms with Crippen LogP contribution in [0.25, 0.3) is 0 Å². The molecule has 0 bridgehead atoms. The van der Waals surface area contributed by atoms with E-state index in [2.05, 4.69) is 18.3 Å². The predicted molar refractivity (Wildman–Crippen MR) is 104 cm³/mol. The minimum Gasteiger partial charge on any atom is -0.388 e. The molecule has 2 fully saturated rings. The quantitative estimate of drug-likeness (QED) is 0.148. The normalized spacial score (nSPS) is 37.7. The van der Waals surface area contributed by atoms with E-state index in [-0.39, 0.29) is 5.82 Å². The second-order valence-corrected chi connectivity index (χ2v) is 10.3. The van der Waals surface area contributed by atoms with Crippen molar-refractivity contribution in [2.45, 2.75) is 49.1 Å². The number of nitrogens with two attached hydrogens (primary N) is 1. The number of nitrogen functional groups attached to an aromatic ring is 1. The third-order valence-electron chi connectivity index (χ3n) is 4.76. The van der Waals surface area contributed by atoms with Gasteiger partial charge in [-0.3, -0.25) is 13.6 Å². The lowest BCUT2D eigenvalue weighted by Gasteiger charge is -2.35. The molecule has 3 rings (SSSR count). The van der Waals surface area contributed by atoms with E-state index < -0.39 is 83.7 Å². The van der Waals surface area contributed by atoms with Crippen LogP contribution >= 0.6 is 15.6 Å². The highest BCUT2D eigenvalue weighted by Gasteiger charge is 2.47. The Hall–Kier alpha value is -1.34. The van der Waals surface area contributed by atoms with Gasteiger partial charge in [-0.1, -0.05) is 0 Å². The van der Waals surface area contributed by atoms with E-state index in [9.17, 15) is 49.2 Å². The average Bonchev–Trinajstić information content (AvgIpc) is 3.00. The van der Waals surface area contributed by atoms with Crippen molar-refractivity contribution in [2.75, 3.05) is 18.9 Å². The molecule has 2 saturated heterocycles. The summed E-state index contributed by atoms with van der Waals surface area (Å²) in [7, 11) is -10.9. The Labute approximate surface area is 189 Å². The van der Waals surface area contributed by atoms with E-state index in [0.29, 0.717) is 0 Å². The Morgan fingerprint density at radius 2 is 1.76 bits per heavy atom. The molecule has 0 spiro atoms. The number of hydrogen-bond acceptors (Lipinski definition) is 15. The smallest absolute Gasteiger partial charge is 0.388 e. The summed E-state index contributed by atoms with van der Waals surface area (Å²) in [6.45, 7) is -1.56. The molecule has 9 N–H and O–H groups in total. The molecule has 1 aromatic rings. The number of phosphoric ester groups is 2. The number of ether oxygens (including phenoxy) is 2. The average molecular weight is 535 g/mol. The fourth-order valence-electron chi connectivity index (χ4n) is 3.06. The molecule has 20 heteroatoms. The zero-order valence-electron chi connectivity index (χ0n) is 17.0. The van der Waals surface area contributed by atoms with Crippen LogP contribution in [0.5, 0.6) is 0 Å². The Morgan fingerprint density at radius 1 is 1.09 bits per heavy atom. The van der Waals surface area contributed by atoms with E-state index >= 15 is 0 Å². The minimum atomic E-state index is -5.46. The Kier molecular flexibility index (Phi) is 8.28. The van der Waals surface area contributed by atoms with Gasteiger partial charge in [0, 0.05) is 6.20 Å². The third kappa shape index (κ3) is 6.26. The first-order valence-corrected chi connectivity index (χ1v) is 12.4. The monoisotopic (exact) mass is 535 g/mol. The van der Waals surface area contributed by atoms with Gasteiger partial charge in [-0.2, -0.15) is 9.29 Å². The van der Waals surface area contributed by atoms with Crippen molar-refractivity contribution < 1.29 is 67.3 Å². The largest absolute Gasteiger partial charge is 0.483 e. The molecular weight excluding hydrogens is 512 g/mol. The lowest BCUT2D eigenvalue weighted by atomic mass is 10.1. The van der Waals surface area contributed by atoms with Gasteiger partial charge in [0.05, 0.1) is 13.2 Å². The number of rotatable bonds is 8. The molecule has 34 heavy (non-hydrogen) atoms. The predicted octanol–water partition coefficient (Wildman–Crippen LogP) is -3.87. The van der Waals surface area contributed by atoms with Gasteiger partial charge in [-0.25, -0.2) is 13.9 Å². The van der Waals surface area contributed by atoms with Crippen LogP contribution in [-0.4, -0.2) is 101 Å². The maximum absolute atomic E-state index is 12.1. The summed E-state index contributed by atoms with van der Waals surface area (Å²) in [5, 5.41) is 48.9. The van der Waals surface area contributed by atoms with E-state index in [1.54, 1.807) is 0 Å². The number of nitrogens with zero attached hydrogens (tertiary/aromatic N) is 2. The fourth-order valence-corrected chi connectivity index (χ4v) is 5.23. The van der Waals surface area contributed by atoms with Crippen LogP contribution in [0.3, 0.4) is 0 Å². The number of aliphatic hydroxyl groups is 5. The van der Waals surface area contributed by atoms with Gasteiger partial charge in [-0.15, -0.1) is 0 Å². The van der Waals surface area contributed by atoms with Crippen molar-refractivity contribution in [3.05, 3.63) is 22.7 Å². The van der Waals surface area contributed by atoms with E-state index in [4.69, 9.17) is 15.2 Å². The standard InChI is InChI=1S/C14H23N3O15P2/c15-7-1-2-17(14(23)16-7)12-10(21)9(20)6(30-12)4-29-33(24,25)32-34(26,27)31-13-11(22)8(19)5(18)3-28-13/h1-2,5-6,8-13,18-22H,3-4H2,(H,24,25)(H,26,27)(H2,15,16,23)/t5-,6+,8-,9-,10-,11-,12+,13-/m1/s1. The van der Waals surface area contributed by atoms with Crippen molar-refractivity contribution in [3.63, 3.8) is 0 Å². The lowest BCUT2D eigenvalue weighted by Crippen LogP contribution is -2.53. The molecule has 0 aromatic carbocycles. The molecule has 2 aliphatic heterocycles. The van der Waals surface area contributed by atoms with Crippen molar-refractivity contribution in [1.29, 1.82) is 0 Å². The number of hydrogen-bond donors (Lipinski definition) is 8. The van der Waals surface area contributed by atoms with Gasteiger partial charge in [0.1, 0.15) is 42.4 Å². The highest BCUT2D eigenvalue weighted by molar-refractivity contribution is 7.61. The van der Waals surface area contributed by atoms with Gasteiger partial charge in [0.15, 0.2) is 12.5 Å². The highest BCUT2D eigenvalue weighted by atomic mass is 31.3. The summed E-state index contributed by atoms with van der Waals surface area (Å²) in [5.74, 6) is -0.111. The SMILES string of the molecule is Nc1ccn([C@H]2O[C@@H](COP(=O)(O)OP(=O)(O)O[C@H]3OC[C@@H](O)[C@@H](O)[C@H]3O)[C@@H](O)[C@H]2O)c(=O)n1. The molecular formula is C14H23N3O15P2. The maximum atomic E-state index is 12.1. The van der Waals surface area contributed by atoms with Crippen LogP contribution in [0.2, 0.25) is 0 Å². The summed E-state index contributed by atoms with van der Waals surface area (Å²) in [4.78, 5) is 34.8. The second-order valence-electron chi connectivity index (χ2n) is 7.26. The first-order valence-electron chi connectivity index (χ1n) is 9.43. The molecule has 194 valence electrons. The molecule has 2 unspecified atom stereocenters. The van der Waals surface area contributed by atoms with Crippen molar-refractivity contribution in [1.82, 2.24) is 9.55 Å². The summed E-state index contributed by atoms with van der Waals surface area (Å²) >= 11 is 0. The molecule has 1 aromatic heterocycles. The summed E-state index contributed by atoms with van der Waals surface area (Å²) in [6.07, 6.45) is -12.6.